The van der Waals surface area contributed by atoms with E-state index >= 15 is 9.59 Å². The number of carbonyl (C=O) groups is 2. The van der Waals surface area contributed by atoms with E-state index in [-0.39, 0.29) is 66.8 Å². The van der Waals surface area contributed by atoms with Gasteiger partial charge in [0.15, 0.2) is 17.3 Å². The summed E-state index contributed by atoms with van der Waals surface area (Å²) < 4.78 is 6.51. The predicted molar refractivity (Wildman–Crippen MR) is 305 cm³/mol. The summed E-state index contributed by atoms with van der Waals surface area (Å²) in [5, 5.41) is 79.4. The third-order valence-electron chi connectivity index (χ3n) is 17.6. The second-order valence-electron chi connectivity index (χ2n) is 22.6. The maximum atomic E-state index is 16.2. The van der Waals surface area contributed by atoms with Crippen molar-refractivity contribution in [1.29, 1.82) is 0 Å². The zero-order valence-corrected chi connectivity index (χ0v) is 44.8. The number of aliphatic hydroxyl groups is 4. The van der Waals surface area contributed by atoms with E-state index in [0.29, 0.717) is 60.3 Å². The van der Waals surface area contributed by atoms with Gasteiger partial charge in [0.2, 0.25) is 0 Å². The number of aromatic hydroxyl groups is 2. The van der Waals surface area contributed by atoms with Crippen LogP contribution in [0.4, 0.5) is 5.82 Å². The van der Waals surface area contributed by atoms with Crippen molar-refractivity contribution >= 4 is 29.5 Å². The van der Waals surface area contributed by atoms with Crippen molar-refractivity contribution in [3.63, 3.8) is 0 Å². The zero-order chi connectivity index (χ0) is 54.8. The summed E-state index contributed by atoms with van der Waals surface area (Å²) >= 11 is 0. The Balaban J connectivity index is 1.11. The molecule has 2 aromatic heterocycles. The number of ether oxygens (including phenoxy) is 1. The Morgan fingerprint density at radius 1 is 0.810 bits per heavy atom. The quantitative estimate of drug-likeness (QED) is 0.0436. The van der Waals surface area contributed by atoms with Crippen LogP contribution in [0, 0.1) is 29.6 Å². The Bertz CT molecular complexity index is 3320. The van der Waals surface area contributed by atoms with E-state index in [4.69, 9.17) is 4.74 Å². The fourth-order valence-corrected chi connectivity index (χ4v) is 13.3. The number of Topliss-reactive ketones (excluding diaryl/α,β-unsaturated/α-hetero) is 2. The van der Waals surface area contributed by atoms with Gasteiger partial charge in [-0.3, -0.25) is 9.59 Å². The third-order valence-corrected chi connectivity index (χ3v) is 17.6. The number of H-pyrrole nitrogens is 2. The average Bonchev–Trinajstić information content (AvgIpc) is 4.33. The highest BCUT2D eigenvalue weighted by atomic mass is 16.5. The van der Waals surface area contributed by atoms with Gasteiger partial charge in [-0.1, -0.05) is 84.7 Å². The molecule has 0 spiro atoms. The molecule has 410 valence electrons. The number of aromatic nitrogens is 2. The van der Waals surface area contributed by atoms with Crippen LogP contribution < -0.4 is 15.4 Å². The van der Waals surface area contributed by atoms with Gasteiger partial charge in [0, 0.05) is 73.0 Å². The number of hydrogen-bond donors (Lipinski definition) is 10. The number of nitrogens with one attached hydrogen (secondary N) is 4. The van der Waals surface area contributed by atoms with Crippen LogP contribution in [0.15, 0.2) is 115 Å². The second kappa shape index (κ2) is 23.3. The van der Waals surface area contributed by atoms with E-state index < -0.39 is 65.8 Å². The molecular formula is C66H72N4O9. The molecule has 9 unspecified atom stereocenters. The van der Waals surface area contributed by atoms with Crippen LogP contribution in [0.5, 0.6) is 17.2 Å². The van der Waals surface area contributed by atoms with Crippen molar-refractivity contribution in [3.05, 3.63) is 176 Å². The SMILES string of the molecule is CNCC1C#CC2Nc3[nH]ccc3Cc3cc(ccc3C(CCc3ccccc3)C1O)C(O)c1cc(cc(OC3CCCC3)c1O)CCC(=O)C(CCO)C(=O)C1C2=Cc2[nH]ccc2C1CC1(O)C=Cc2c(O)cccc2CC1. The minimum absolute atomic E-state index is 0.0659. The Morgan fingerprint density at radius 2 is 1.63 bits per heavy atom. The van der Waals surface area contributed by atoms with Crippen LogP contribution in [0.2, 0.25) is 0 Å². The monoisotopic (exact) mass is 1060 g/mol. The highest BCUT2D eigenvalue weighted by molar-refractivity contribution is 6.05. The van der Waals surface area contributed by atoms with Gasteiger partial charge in [0.05, 0.1) is 29.6 Å². The summed E-state index contributed by atoms with van der Waals surface area (Å²) in [7, 11) is 1.83. The van der Waals surface area contributed by atoms with Crippen molar-refractivity contribution in [2.45, 2.75) is 125 Å². The van der Waals surface area contributed by atoms with Crippen molar-refractivity contribution in [2.75, 3.05) is 25.5 Å². The van der Waals surface area contributed by atoms with E-state index in [9.17, 15) is 30.6 Å². The Kier molecular flexibility index (Phi) is 15.8. The van der Waals surface area contributed by atoms with E-state index in [1.165, 1.54) is 0 Å². The van der Waals surface area contributed by atoms with Crippen LogP contribution in [0.25, 0.3) is 12.2 Å². The van der Waals surface area contributed by atoms with Crippen molar-refractivity contribution in [2.24, 2.45) is 17.8 Å². The molecule has 0 saturated heterocycles. The van der Waals surface area contributed by atoms with Crippen LogP contribution in [0.3, 0.4) is 0 Å². The Labute approximate surface area is 461 Å². The first-order chi connectivity index (χ1) is 38.4. The number of phenols is 2. The maximum Gasteiger partial charge on any atom is 0.163 e. The second-order valence-corrected chi connectivity index (χ2v) is 22.6. The fraction of sp³-hybridized carbons (Fsp3) is 0.394. The number of anilines is 1. The summed E-state index contributed by atoms with van der Waals surface area (Å²) in [6.45, 7) is -0.126. The topological polar surface area (TPSA) is 220 Å². The molecule has 3 aliphatic carbocycles. The lowest BCUT2D eigenvalue weighted by molar-refractivity contribution is -0.135. The smallest absolute Gasteiger partial charge is 0.163 e. The number of aliphatic hydroxyl groups excluding tert-OH is 3. The van der Waals surface area contributed by atoms with E-state index in [1.54, 1.807) is 36.4 Å². The first kappa shape index (κ1) is 53.8. The Morgan fingerprint density at radius 3 is 2.44 bits per heavy atom. The molecule has 13 heteroatoms. The van der Waals surface area contributed by atoms with Crippen molar-refractivity contribution in [3.8, 4) is 29.1 Å². The molecule has 0 radical (unpaired) electrons. The van der Waals surface area contributed by atoms with Crippen molar-refractivity contribution in [1.82, 2.24) is 15.3 Å². The lowest BCUT2D eigenvalue weighted by atomic mass is 9.65. The number of fused-ring (bicyclic) bond motifs is 8. The van der Waals surface area contributed by atoms with Crippen molar-refractivity contribution < 1.29 is 45.0 Å². The van der Waals surface area contributed by atoms with Crippen LogP contribution in [-0.4, -0.2) is 96.2 Å². The third kappa shape index (κ3) is 11.2. The normalized spacial score (nSPS) is 26.0. The van der Waals surface area contributed by atoms with Crippen LogP contribution in [0.1, 0.15) is 137 Å². The van der Waals surface area contributed by atoms with E-state index in [1.807, 2.05) is 80.1 Å². The van der Waals surface area contributed by atoms with Gasteiger partial charge in [-0.05, 0) is 164 Å². The molecule has 13 nitrogen and oxygen atoms in total. The molecule has 0 amide bonds. The molecular weight excluding hydrogens is 993 g/mol. The minimum Gasteiger partial charge on any atom is -0.507 e. The molecule has 2 aliphatic heterocycles. The molecule has 6 aromatic rings. The number of aromatic amines is 2. The summed E-state index contributed by atoms with van der Waals surface area (Å²) in [5.41, 5.74) is 7.21. The molecule has 79 heavy (non-hydrogen) atoms. The molecule has 11 rings (SSSR count). The van der Waals surface area contributed by atoms with E-state index in [2.05, 4.69) is 44.6 Å². The molecule has 1 fully saturated rings. The van der Waals surface area contributed by atoms with Gasteiger partial charge >= 0.3 is 0 Å². The zero-order valence-electron chi connectivity index (χ0n) is 44.8. The average molecular weight is 1070 g/mol. The predicted octanol–water partition coefficient (Wildman–Crippen LogP) is 9.12. The van der Waals surface area contributed by atoms with E-state index in [0.717, 1.165) is 64.8 Å². The maximum absolute atomic E-state index is 16.2. The molecule has 5 aliphatic rings. The molecule has 9 atom stereocenters. The standard InChI is InChI=1S/C66H72N4O9/c1-67-38-44-17-20-55-52-36-56-49(25-30-68-56)54(37-66(78)27-22-41-10-7-13-57(72)48(41)23-28-66)60(52)64(77)51(26-31-71)58(73)21-15-40-32-53(63(76)59(33-40)79-46-11-5-6-12-46)61(74)42-16-19-47(45(34-42)35-43-24-29-69-65(43)70-55)50(62(44)75)18-14-39-8-3-2-4-9-39/h2-4,7-10,13,16,19,23-25,28-30,32-34,36,44,46,50-51,54-55,60-62,67-72,74-76,78H,5-6,11-12,14-15,18,21-22,26-27,31,35,37-38H2,1H3. The van der Waals surface area contributed by atoms with Gasteiger partial charge in [0.25, 0.3) is 0 Å². The number of aryl methyl sites for hydroxylation is 3. The summed E-state index contributed by atoms with van der Waals surface area (Å²) in [4.78, 5) is 38.2. The number of hydrogen-bond acceptors (Lipinski definition) is 11. The highest BCUT2D eigenvalue weighted by Crippen LogP contribution is 2.49. The van der Waals surface area contributed by atoms with Crippen LogP contribution >= 0.6 is 0 Å². The molecule has 5 bridgehead atoms. The van der Waals surface area contributed by atoms with Gasteiger partial charge in [-0.2, -0.15) is 0 Å². The fourth-order valence-electron chi connectivity index (χ4n) is 13.3. The molecule has 10 N–H and O–H groups in total. The number of rotatable bonds is 11. The summed E-state index contributed by atoms with van der Waals surface area (Å²) in [6.07, 6.45) is 12.5. The summed E-state index contributed by atoms with van der Waals surface area (Å²) in [5.74, 6) is 2.96. The number of benzene rings is 4. The van der Waals surface area contributed by atoms with Crippen LogP contribution in [-0.2, 0) is 35.3 Å². The lowest BCUT2D eigenvalue weighted by Crippen LogP contribution is -2.43. The van der Waals surface area contributed by atoms with Gasteiger partial charge in [-0.15, -0.1) is 0 Å². The Hall–Kier alpha value is -7.18. The lowest BCUT2D eigenvalue weighted by Gasteiger charge is -2.39. The number of carbonyl (C=O) groups excluding carboxylic acids is 2. The molecule has 4 aromatic carbocycles. The van der Waals surface area contributed by atoms with Gasteiger partial charge in [-0.25, -0.2) is 0 Å². The molecule has 1 saturated carbocycles. The first-order valence-electron chi connectivity index (χ1n) is 28.3. The minimum atomic E-state index is -1.48. The van der Waals surface area contributed by atoms with Gasteiger partial charge in [0.1, 0.15) is 29.5 Å². The largest absolute Gasteiger partial charge is 0.507 e. The van der Waals surface area contributed by atoms with Gasteiger partial charge < -0.3 is 56.0 Å². The number of ketones is 2. The highest BCUT2D eigenvalue weighted by Gasteiger charge is 2.47. The first-order valence-corrected chi connectivity index (χ1v) is 28.3. The molecule has 4 heterocycles. The summed E-state index contributed by atoms with van der Waals surface area (Å²) in [6, 6.07) is 27.8. The number of phenolic OH excluding ortho intramolecular Hbond substituents is 2.